The molecule has 0 aromatic carbocycles. The molecule has 0 fully saturated rings. The average Bonchev–Trinajstić information content (AvgIpc) is 3.11. The number of aryl methyl sites for hydroxylation is 1. The molecule has 28 heavy (non-hydrogen) atoms. The van der Waals surface area contributed by atoms with E-state index in [1.807, 2.05) is 17.8 Å². The fourth-order valence-electron chi connectivity index (χ4n) is 2.52. The number of carbonyl (C=O) groups is 1. The van der Waals surface area contributed by atoms with Crippen molar-refractivity contribution in [2.24, 2.45) is 0 Å². The van der Waals surface area contributed by atoms with Gasteiger partial charge in [-0.3, -0.25) is 4.79 Å². The van der Waals surface area contributed by atoms with Crippen molar-refractivity contribution in [3.8, 4) is 0 Å². The molecule has 2 heterocycles. The SMILES string of the molecule is CCCCCN(CCc1csc(SC(C)(C)C(=O)O)n1)c1ncc(CC)cn1. The largest absolute Gasteiger partial charge is 0.480 e. The lowest BCUT2D eigenvalue weighted by molar-refractivity contribution is -0.138. The third-order valence-corrected chi connectivity index (χ3v) is 6.61. The van der Waals surface area contributed by atoms with Gasteiger partial charge in [-0.15, -0.1) is 11.3 Å². The number of aromatic nitrogens is 3. The van der Waals surface area contributed by atoms with E-state index in [9.17, 15) is 9.90 Å². The fraction of sp³-hybridized carbons (Fsp3) is 0.600. The van der Waals surface area contributed by atoms with Crippen LogP contribution < -0.4 is 4.90 Å². The van der Waals surface area contributed by atoms with Crippen LogP contribution in [0.1, 0.15) is 58.2 Å². The summed E-state index contributed by atoms with van der Waals surface area (Å²) in [6, 6.07) is 0. The highest BCUT2D eigenvalue weighted by molar-refractivity contribution is 8.02. The van der Waals surface area contributed by atoms with Crippen LogP contribution in [0.25, 0.3) is 0 Å². The average molecular weight is 423 g/mol. The molecule has 2 rings (SSSR count). The number of hydrogen-bond donors (Lipinski definition) is 1. The van der Waals surface area contributed by atoms with Crippen molar-refractivity contribution in [2.75, 3.05) is 18.0 Å². The molecule has 0 aliphatic carbocycles. The summed E-state index contributed by atoms with van der Waals surface area (Å²) in [5.41, 5.74) is 2.12. The van der Waals surface area contributed by atoms with Crippen LogP contribution in [0.15, 0.2) is 22.1 Å². The zero-order valence-electron chi connectivity index (χ0n) is 17.1. The van der Waals surface area contributed by atoms with Crippen LogP contribution in [-0.4, -0.2) is 43.9 Å². The molecule has 6 nitrogen and oxygen atoms in total. The van der Waals surface area contributed by atoms with Gasteiger partial charge in [-0.2, -0.15) is 0 Å². The number of unbranched alkanes of at least 4 members (excludes halogenated alkanes) is 2. The van der Waals surface area contributed by atoms with E-state index < -0.39 is 10.7 Å². The van der Waals surface area contributed by atoms with E-state index in [0.29, 0.717) is 0 Å². The van der Waals surface area contributed by atoms with Crippen LogP contribution in [0.4, 0.5) is 5.95 Å². The van der Waals surface area contributed by atoms with Crippen molar-refractivity contribution in [3.05, 3.63) is 29.0 Å². The Morgan fingerprint density at radius 2 is 1.93 bits per heavy atom. The zero-order chi connectivity index (χ0) is 20.6. The highest BCUT2D eigenvalue weighted by Gasteiger charge is 2.29. The first-order valence-electron chi connectivity index (χ1n) is 9.78. The minimum absolute atomic E-state index is 0.769. The quantitative estimate of drug-likeness (QED) is 0.392. The summed E-state index contributed by atoms with van der Waals surface area (Å²) in [6.45, 7) is 9.43. The van der Waals surface area contributed by atoms with Gasteiger partial charge in [0.1, 0.15) is 4.75 Å². The number of hydrogen-bond acceptors (Lipinski definition) is 7. The van der Waals surface area contributed by atoms with Crippen molar-refractivity contribution < 1.29 is 9.90 Å². The summed E-state index contributed by atoms with van der Waals surface area (Å²) in [7, 11) is 0. The molecule has 0 aliphatic rings. The molecule has 154 valence electrons. The monoisotopic (exact) mass is 422 g/mol. The maximum absolute atomic E-state index is 11.3. The van der Waals surface area contributed by atoms with E-state index in [4.69, 9.17) is 0 Å². The minimum atomic E-state index is -0.879. The van der Waals surface area contributed by atoms with Crippen molar-refractivity contribution in [1.82, 2.24) is 15.0 Å². The first kappa shape index (κ1) is 22.6. The second kappa shape index (κ2) is 10.8. The summed E-state index contributed by atoms with van der Waals surface area (Å²) in [5, 5.41) is 11.3. The van der Waals surface area contributed by atoms with Crippen LogP contribution in [0.2, 0.25) is 0 Å². The summed E-state index contributed by atoms with van der Waals surface area (Å²) in [6.07, 6.45) is 9.00. The molecule has 8 heteroatoms. The van der Waals surface area contributed by atoms with E-state index in [1.54, 1.807) is 13.8 Å². The molecule has 0 aliphatic heterocycles. The summed E-state index contributed by atoms with van der Waals surface area (Å²) >= 11 is 2.80. The van der Waals surface area contributed by atoms with E-state index >= 15 is 0 Å². The van der Waals surface area contributed by atoms with Crippen molar-refractivity contribution in [3.63, 3.8) is 0 Å². The molecule has 0 radical (unpaired) electrons. The number of anilines is 1. The number of thioether (sulfide) groups is 1. The van der Waals surface area contributed by atoms with Gasteiger partial charge in [0.05, 0.1) is 5.69 Å². The van der Waals surface area contributed by atoms with Gasteiger partial charge < -0.3 is 10.0 Å². The number of aliphatic carboxylic acids is 1. The first-order chi connectivity index (χ1) is 13.4. The molecular formula is C20H30N4O2S2. The van der Waals surface area contributed by atoms with Crippen molar-refractivity contribution in [2.45, 2.75) is 68.9 Å². The molecule has 0 saturated heterocycles. The molecule has 1 N–H and O–H groups in total. The van der Waals surface area contributed by atoms with Crippen molar-refractivity contribution in [1.29, 1.82) is 0 Å². The van der Waals surface area contributed by atoms with Gasteiger partial charge in [0.2, 0.25) is 5.95 Å². The molecule has 2 aromatic heterocycles. The lowest BCUT2D eigenvalue weighted by atomic mass is 10.2. The van der Waals surface area contributed by atoms with Gasteiger partial charge in [0, 0.05) is 37.3 Å². The predicted molar refractivity (Wildman–Crippen MR) is 117 cm³/mol. The number of carboxylic acid groups (broad SMARTS) is 1. The Balaban J connectivity index is 2.01. The Morgan fingerprint density at radius 3 is 2.54 bits per heavy atom. The third kappa shape index (κ3) is 6.74. The highest BCUT2D eigenvalue weighted by atomic mass is 32.2. The minimum Gasteiger partial charge on any atom is -0.480 e. The van der Waals surface area contributed by atoms with Crippen LogP contribution >= 0.6 is 23.1 Å². The van der Waals surface area contributed by atoms with E-state index in [-0.39, 0.29) is 0 Å². The van der Waals surface area contributed by atoms with Gasteiger partial charge >= 0.3 is 5.97 Å². The molecule has 2 aromatic rings. The van der Waals surface area contributed by atoms with Gasteiger partial charge in [-0.05, 0) is 32.3 Å². The van der Waals surface area contributed by atoms with E-state index in [0.717, 1.165) is 53.9 Å². The third-order valence-electron chi connectivity index (χ3n) is 4.44. The van der Waals surface area contributed by atoms with Gasteiger partial charge in [-0.1, -0.05) is 38.5 Å². The molecule has 0 spiro atoms. The van der Waals surface area contributed by atoms with Crippen LogP contribution in [0.5, 0.6) is 0 Å². The maximum atomic E-state index is 11.3. The standard InChI is InChI=1S/C20H30N4O2S2/c1-5-7-8-10-24(18-21-12-15(6-2)13-22-18)11-9-16-14-27-19(23-16)28-20(3,4)17(25)26/h12-14H,5-11H2,1-4H3,(H,25,26). The molecule has 0 amide bonds. The maximum Gasteiger partial charge on any atom is 0.319 e. The zero-order valence-corrected chi connectivity index (χ0v) is 18.8. The molecular weight excluding hydrogens is 392 g/mol. The van der Waals surface area contributed by atoms with Crippen LogP contribution in [0.3, 0.4) is 0 Å². The second-order valence-corrected chi connectivity index (χ2v) is 9.94. The van der Waals surface area contributed by atoms with Crippen LogP contribution in [0, 0.1) is 0 Å². The Bertz CT molecular complexity index is 747. The lowest BCUT2D eigenvalue weighted by Gasteiger charge is -2.22. The number of rotatable bonds is 12. The smallest absolute Gasteiger partial charge is 0.319 e. The molecule has 0 atom stereocenters. The van der Waals surface area contributed by atoms with Gasteiger partial charge in [-0.25, -0.2) is 15.0 Å². The second-order valence-electron chi connectivity index (χ2n) is 7.21. The Morgan fingerprint density at radius 1 is 1.21 bits per heavy atom. The molecule has 0 bridgehead atoms. The Hall–Kier alpha value is -1.67. The summed E-state index contributed by atoms with van der Waals surface area (Å²) < 4.78 is -0.0839. The highest BCUT2D eigenvalue weighted by Crippen LogP contribution is 2.34. The normalized spacial score (nSPS) is 11.6. The van der Waals surface area contributed by atoms with Gasteiger partial charge in [0.25, 0.3) is 0 Å². The van der Waals surface area contributed by atoms with E-state index in [2.05, 4.69) is 33.7 Å². The topological polar surface area (TPSA) is 79.2 Å². The number of thiazole rings is 1. The number of carboxylic acids is 1. The Kier molecular flexibility index (Phi) is 8.69. The Labute approximate surface area is 175 Å². The predicted octanol–water partition coefficient (Wildman–Crippen LogP) is 4.69. The van der Waals surface area contributed by atoms with Crippen molar-refractivity contribution >= 4 is 35.0 Å². The molecule has 0 unspecified atom stereocenters. The van der Waals surface area contributed by atoms with Crippen LogP contribution in [-0.2, 0) is 17.6 Å². The summed E-state index contributed by atoms with van der Waals surface area (Å²) in [4.78, 5) is 27.2. The molecule has 0 saturated carbocycles. The lowest BCUT2D eigenvalue weighted by Crippen LogP contribution is -2.29. The van der Waals surface area contributed by atoms with Gasteiger partial charge in [0.15, 0.2) is 4.34 Å². The first-order valence-corrected chi connectivity index (χ1v) is 11.5. The fourth-order valence-corrected chi connectivity index (χ4v) is 4.75. The number of nitrogens with zero attached hydrogens (tertiary/aromatic N) is 4. The summed E-state index contributed by atoms with van der Waals surface area (Å²) in [5.74, 6) is -0.0610. The van der Waals surface area contributed by atoms with E-state index in [1.165, 1.54) is 35.9 Å².